The van der Waals surface area contributed by atoms with E-state index in [1.807, 2.05) is 6.07 Å². The normalized spacial score (nSPS) is 12.2. The van der Waals surface area contributed by atoms with Crippen molar-refractivity contribution in [3.8, 4) is 23.1 Å². The van der Waals surface area contributed by atoms with Gasteiger partial charge in [-0.25, -0.2) is 5.10 Å². The minimum atomic E-state index is -4.94. The Morgan fingerprint density at radius 2 is 1.66 bits per heavy atom. The third kappa shape index (κ3) is 5.08. The van der Waals surface area contributed by atoms with Crippen molar-refractivity contribution < 1.29 is 31.1 Å². The van der Waals surface area contributed by atoms with Crippen LogP contribution in [0.4, 0.5) is 26.3 Å². The summed E-state index contributed by atoms with van der Waals surface area (Å²) in [6.45, 7) is 1.99. The van der Waals surface area contributed by atoms with Crippen LogP contribution in [0.15, 0.2) is 36.4 Å². The number of halogens is 6. The van der Waals surface area contributed by atoms with Gasteiger partial charge in [0.05, 0.1) is 17.7 Å². The molecule has 0 aliphatic heterocycles. The van der Waals surface area contributed by atoms with E-state index in [1.165, 1.54) is 6.08 Å². The summed E-state index contributed by atoms with van der Waals surface area (Å²) in [7, 11) is 0. The van der Waals surface area contributed by atoms with Crippen LogP contribution in [-0.4, -0.2) is 22.0 Å². The van der Waals surface area contributed by atoms with E-state index in [4.69, 9.17) is 10.00 Å². The van der Waals surface area contributed by atoms with Gasteiger partial charge in [-0.2, -0.15) is 31.6 Å². The summed E-state index contributed by atoms with van der Waals surface area (Å²) in [5.74, 6) is 0.345. The van der Waals surface area contributed by atoms with Gasteiger partial charge in [0, 0.05) is 11.1 Å². The monoisotopic (exact) mass is 452 g/mol. The predicted octanol–water partition coefficient (Wildman–Crippen LogP) is 5.95. The number of nitriles is 1. The highest BCUT2D eigenvalue weighted by Crippen LogP contribution is 2.37. The van der Waals surface area contributed by atoms with Gasteiger partial charge in [0.25, 0.3) is 0 Å². The summed E-state index contributed by atoms with van der Waals surface area (Å²) in [6.07, 6.45) is -7.43. The molecule has 0 amide bonds. The average molecular weight is 452 g/mol. The van der Waals surface area contributed by atoms with Crippen LogP contribution in [0.25, 0.3) is 23.4 Å². The predicted molar refractivity (Wildman–Crippen MR) is 103 cm³/mol. The molecule has 2 aromatic carbocycles. The first-order valence-corrected chi connectivity index (χ1v) is 9.09. The van der Waals surface area contributed by atoms with E-state index in [9.17, 15) is 26.3 Å². The molecule has 0 aliphatic carbocycles. The zero-order valence-electron chi connectivity index (χ0n) is 16.3. The number of alkyl halides is 6. The van der Waals surface area contributed by atoms with E-state index >= 15 is 0 Å². The number of H-pyrrole nitrogens is 1. The number of nitrogens with zero attached hydrogens (tertiary/aromatic N) is 3. The lowest BCUT2D eigenvalue weighted by atomic mass is 10.0. The van der Waals surface area contributed by atoms with Crippen LogP contribution >= 0.6 is 0 Å². The van der Waals surface area contributed by atoms with Gasteiger partial charge >= 0.3 is 12.4 Å². The average Bonchev–Trinajstić information content (AvgIpc) is 3.20. The van der Waals surface area contributed by atoms with Gasteiger partial charge in [-0.1, -0.05) is 17.4 Å². The number of aromatic amines is 1. The van der Waals surface area contributed by atoms with E-state index in [0.717, 1.165) is 6.08 Å². The van der Waals surface area contributed by atoms with Crippen molar-refractivity contribution in [2.24, 2.45) is 0 Å². The van der Waals surface area contributed by atoms with Crippen molar-refractivity contribution in [3.63, 3.8) is 0 Å². The minimum Gasteiger partial charge on any atom is -0.493 e. The van der Waals surface area contributed by atoms with Crippen molar-refractivity contribution in [2.45, 2.75) is 19.3 Å². The summed E-state index contributed by atoms with van der Waals surface area (Å²) in [6, 6.07) is 7.91. The van der Waals surface area contributed by atoms with Gasteiger partial charge in [0.15, 0.2) is 5.69 Å². The molecule has 0 aliphatic rings. The number of ether oxygens (including phenoxy) is 1. The molecular weight excluding hydrogens is 438 g/mol. The van der Waals surface area contributed by atoms with Gasteiger partial charge in [0.2, 0.25) is 0 Å². The zero-order chi connectivity index (χ0) is 23.5. The Morgan fingerprint density at radius 3 is 2.22 bits per heavy atom. The maximum absolute atomic E-state index is 13.1. The quantitative estimate of drug-likeness (QED) is 0.384. The summed E-state index contributed by atoms with van der Waals surface area (Å²) >= 11 is 0. The molecule has 0 saturated heterocycles. The molecule has 0 spiro atoms. The summed E-state index contributed by atoms with van der Waals surface area (Å²) in [5.41, 5.74) is -1.96. The molecule has 0 saturated carbocycles. The third-order valence-corrected chi connectivity index (χ3v) is 4.31. The lowest BCUT2D eigenvalue weighted by Gasteiger charge is -2.13. The number of benzene rings is 2. The molecule has 1 heterocycles. The van der Waals surface area contributed by atoms with Crippen LogP contribution < -0.4 is 4.74 Å². The molecule has 0 fully saturated rings. The van der Waals surface area contributed by atoms with Crippen molar-refractivity contribution in [2.75, 3.05) is 6.61 Å². The molecule has 32 heavy (non-hydrogen) atoms. The van der Waals surface area contributed by atoms with E-state index in [2.05, 4.69) is 15.4 Å². The van der Waals surface area contributed by atoms with E-state index in [-0.39, 0.29) is 29.6 Å². The van der Waals surface area contributed by atoms with Crippen molar-refractivity contribution in [1.29, 1.82) is 5.26 Å². The van der Waals surface area contributed by atoms with Crippen LogP contribution in [0.3, 0.4) is 0 Å². The molecule has 3 rings (SSSR count). The molecule has 5 nitrogen and oxygen atoms in total. The van der Waals surface area contributed by atoms with Crippen LogP contribution in [0.2, 0.25) is 0 Å². The lowest BCUT2D eigenvalue weighted by Crippen LogP contribution is -2.11. The molecule has 0 bridgehead atoms. The molecule has 11 heteroatoms. The topological polar surface area (TPSA) is 74.6 Å². The largest absolute Gasteiger partial charge is 0.493 e. The van der Waals surface area contributed by atoms with E-state index in [1.54, 1.807) is 25.1 Å². The van der Waals surface area contributed by atoms with Crippen molar-refractivity contribution >= 4 is 12.2 Å². The zero-order valence-corrected chi connectivity index (χ0v) is 16.3. The second-order valence-electron chi connectivity index (χ2n) is 6.51. The van der Waals surface area contributed by atoms with E-state index in [0.29, 0.717) is 29.0 Å². The fourth-order valence-corrected chi connectivity index (χ4v) is 2.88. The second-order valence-corrected chi connectivity index (χ2v) is 6.51. The highest BCUT2D eigenvalue weighted by Gasteiger charge is 2.36. The standard InChI is InChI=1S/C21H14F6N4O/c1-2-32-18-6-5-14(19-17(11-28)29-31-30-19)9-13(18)4-3-12-7-15(20(22,23)24)10-16(8-12)21(25,26)27/h3-10H,2H2,1H3,(H,29,30,31)/b4-3+. The first kappa shape index (κ1) is 22.9. The summed E-state index contributed by atoms with van der Waals surface area (Å²) in [4.78, 5) is 0. The van der Waals surface area contributed by atoms with Crippen LogP contribution in [0.5, 0.6) is 5.75 Å². The third-order valence-electron chi connectivity index (χ3n) is 4.31. The Bertz CT molecular complexity index is 1160. The SMILES string of the molecule is CCOc1ccc(-c2nn[nH]c2C#N)cc1/C=C/c1cc(C(F)(F)F)cc(C(F)(F)F)c1. The molecule has 0 atom stereocenters. The molecule has 1 N–H and O–H groups in total. The van der Waals surface area contributed by atoms with E-state index < -0.39 is 23.5 Å². The maximum atomic E-state index is 13.1. The maximum Gasteiger partial charge on any atom is 0.416 e. The molecule has 166 valence electrons. The fraction of sp³-hybridized carbons (Fsp3) is 0.190. The number of rotatable bonds is 5. The van der Waals surface area contributed by atoms with Gasteiger partial charge in [0.1, 0.15) is 17.5 Å². The molecular formula is C21H14F6N4O. The lowest BCUT2D eigenvalue weighted by molar-refractivity contribution is -0.143. The highest BCUT2D eigenvalue weighted by molar-refractivity contribution is 5.77. The Kier molecular flexibility index (Phi) is 6.25. The van der Waals surface area contributed by atoms with Crippen molar-refractivity contribution in [1.82, 2.24) is 15.4 Å². The summed E-state index contributed by atoms with van der Waals surface area (Å²) < 4.78 is 84.0. The Balaban J connectivity index is 2.08. The first-order valence-electron chi connectivity index (χ1n) is 9.09. The Hall–Kier alpha value is -3.81. The molecule has 0 radical (unpaired) electrons. The first-order chi connectivity index (χ1) is 15.0. The van der Waals surface area contributed by atoms with Crippen molar-refractivity contribution in [3.05, 3.63) is 64.3 Å². The molecule has 0 unspecified atom stereocenters. The van der Waals surface area contributed by atoms with Crippen LogP contribution in [0, 0.1) is 11.3 Å². The van der Waals surface area contributed by atoms with Gasteiger partial charge in [-0.15, -0.1) is 5.10 Å². The number of hydrogen-bond acceptors (Lipinski definition) is 4. The molecule has 3 aromatic rings. The van der Waals surface area contributed by atoms with Crippen LogP contribution in [0.1, 0.15) is 34.9 Å². The number of hydrogen-bond donors (Lipinski definition) is 1. The fourth-order valence-electron chi connectivity index (χ4n) is 2.88. The number of nitrogens with one attached hydrogen (secondary N) is 1. The van der Waals surface area contributed by atoms with Gasteiger partial charge in [-0.05, 0) is 48.9 Å². The summed E-state index contributed by atoms with van der Waals surface area (Å²) in [5, 5.41) is 18.9. The van der Waals surface area contributed by atoms with Gasteiger partial charge < -0.3 is 4.74 Å². The smallest absolute Gasteiger partial charge is 0.416 e. The second kappa shape index (κ2) is 8.74. The highest BCUT2D eigenvalue weighted by atomic mass is 19.4. The minimum absolute atomic E-state index is 0.0670. The van der Waals surface area contributed by atoms with Gasteiger partial charge in [-0.3, -0.25) is 0 Å². The number of aromatic nitrogens is 3. The van der Waals surface area contributed by atoms with Crippen LogP contribution in [-0.2, 0) is 12.4 Å². The Morgan fingerprint density at radius 1 is 1.00 bits per heavy atom. The Labute approximate surface area is 177 Å². The molecule has 1 aromatic heterocycles.